The summed E-state index contributed by atoms with van der Waals surface area (Å²) in [6.07, 6.45) is 2.03. The van der Waals surface area contributed by atoms with Crippen LogP contribution in [0.5, 0.6) is 0 Å². The first-order chi connectivity index (χ1) is 14.9. The van der Waals surface area contributed by atoms with Crippen molar-refractivity contribution in [2.75, 3.05) is 26.2 Å². The maximum Gasteiger partial charge on any atom is 0.0702 e. The highest BCUT2D eigenvalue weighted by Gasteiger charge is 2.26. The van der Waals surface area contributed by atoms with Gasteiger partial charge in [0.05, 0.1) is 11.6 Å². The van der Waals surface area contributed by atoms with Crippen molar-refractivity contribution in [3.63, 3.8) is 0 Å². The summed E-state index contributed by atoms with van der Waals surface area (Å²) in [5.74, 6) is 0. The number of aromatic nitrogens is 1. The molecule has 1 aliphatic heterocycles. The number of hydrogen-bond donors (Lipinski definition) is 0. The highest BCUT2D eigenvalue weighted by molar-refractivity contribution is 5.78. The topological polar surface area (TPSA) is 19.4 Å². The van der Waals surface area contributed by atoms with Crippen molar-refractivity contribution >= 4 is 10.9 Å². The second-order valence-electron chi connectivity index (χ2n) is 8.07. The summed E-state index contributed by atoms with van der Waals surface area (Å²) in [5.41, 5.74) is 5.11. The SMILES string of the molecule is c1ccc(C(c2ccccc2)N2CCN(Cc3cnc4ccccc4c3)CC2)cc1. The van der Waals surface area contributed by atoms with E-state index in [2.05, 4.69) is 99.7 Å². The van der Waals surface area contributed by atoms with Crippen LogP contribution in [0.3, 0.4) is 0 Å². The number of hydrogen-bond acceptors (Lipinski definition) is 3. The van der Waals surface area contributed by atoms with E-state index in [1.54, 1.807) is 0 Å². The molecule has 0 bridgehead atoms. The van der Waals surface area contributed by atoms with Crippen LogP contribution in [0.1, 0.15) is 22.7 Å². The molecule has 3 heteroatoms. The van der Waals surface area contributed by atoms with Crippen molar-refractivity contribution in [2.45, 2.75) is 12.6 Å². The Labute approximate surface area is 178 Å². The molecule has 30 heavy (non-hydrogen) atoms. The Balaban J connectivity index is 1.29. The molecule has 1 aliphatic rings. The molecular weight excluding hydrogens is 366 g/mol. The first-order valence-electron chi connectivity index (χ1n) is 10.8. The average molecular weight is 394 g/mol. The van der Waals surface area contributed by atoms with Crippen molar-refractivity contribution < 1.29 is 0 Å². The predicted octanol–water partition coefficient (Wildman–Crippen LogP) is 5.14. The largest absolute Gasteiger partial charge is 0.296 e. The van der Waals surface area contributed by atoms with Gasteiger partial charge in [-0.1, -0.05) is 78.9 Å². The molecule has 2 heterocycles. The third-order valence-corrected chi connectivity index (χ3v) is 6.06. The van der Waals surface area contributed by atoms with Crippen LogP contribution in [0.25, 0.3) is 10.9 Å². The zero-order valence-corrected chi connectivity index (χ0v) is 17.2. The minimum Gasteiger partial charge on any atom is -0.296 e. The van der Waals surface area contributed by atoms with E-state index in [9.17, 15) is 0 Å². The molecule has 0 radical (unpaired) electrons. The monoisotopic (exact) mass is 393 g/mol. The lowest BCUT2D eigenvalue weighted by molar-refractivity contribution is 0.105. The van der Waals surface area contributed by atoms with E-state index >= 15 is 0 Å². The van der Waals surface area contributed by atoms with Crippen molar-refractivity contribution in [1.82, 2.24) is 14.8 Å². The van der Waals surface area contributed by atoms with Gasteiger partial charge in [0, 0.05) is 44.3 Å². The van der Waals surface area contributed by atoms with Crippen LogP contribution in [-0.2, 0) is 6.54 Å². The fourth-order valence-electron chi connectivity index (χ4n) is 4.53. The third kappa shape index (κ3) is 4.13. The maximum atomic E-state index is 4.63. The van der Waals surface area contributed by atoms with E-state index in [1.807, 2.05) is 12.3 Å². The molecule has 0 amide bonds. The smallest absolute Gasteiger partial charge is 0.0702 e. The summed E-state index contributed by atoms with van der Waals surface area (Å²) in [5, 5.41) is 1.22. The van der Waals surface area contributed by atoms with Crippen LogP contribution in [0.15, 0.2) is 97.2 Å². The Hall–Kier alpha value is -3.01. The molecule has 3 aromatic carbocycles. The molecular formula is C27H27N3. The van der Waals surface area contributed by atoms with E-state index in [-0.39, 0.29) is 0 Å². The molecule has 0 aliphatic carbocycles. The van der Waals surface area contributed by atoms with Crippen molar-refractivity contribution in [1.29, 1.82) is 0 Å². The third-order valence-electron chi connectivity index (χ3n) is 6.06. The van der Waals surface area contributed by atoms with E-state index < -0.39 is 0 Å². The number of rotatable bonds is 5. The van der Waals surface area contributed by atoms with Gasteiger partial charge in [-0.3, -0.25) is 14.8 Å². The number of fused-ring (bicyclic) bond motifs is 1. The van der Waals surface area contributed by atoms with Gasteiger partial charge in [-0.25, -0.2) is 0 Å². The lowest BCUT2D eigenvalue weighted by Gasteiger charge is -2.39. The summed E-state index contributed by atoms with van der Waals surface area (Å²) in [6.45, 7) is 5.24. The standard InChI is InChI=1S/C27H27N3/c1-3-9-23(10-4-1)27(24-11-5-2-6-12-24)30-17-15-29(16-18-30)21-22-19-25-13-7-8-14-26(25)28-20-22/h1-14,19-20,27H,15-18,21H2. The van der Waals surface area contributed by atoms with Crippen LogP contribution < -0.4 is 0 Å². The van der Waals surface area contributed by atoms with Crippen molar-refractivity contribution in [2.24, 2.45) is 0 Å². The molecule has 4 aromatic rings. The first-order valence-corrected chi connectivity index (χ1v) is 10.8. The summed E-state index contributed by atoms with van der Waals surface area (Å²) in [6, 6.07) is 32.8. The fourth-order valence-corrected chi connectivity index (χ4v) is 4.53. The molecule has 0 unspecified atom stereocenters. The number of para-hydroxylation sites is 1. The normalized spacial score (nSPS) is 15.6. The van der Waals surface area contributed by atoms with Crippen LogP contribution in [-0.4, -0.2) is 41.0 Å². The Morgan fingerprint density at radius 3 is 1.97 bits per heavy atom. The van der Waals surface area contributed by atoms with Gasteiger partial charge in [0.25, 0.3) is 0 Å². The molecule has 1 aromatic heterocycles. The Kier molecular flexibility index (Phi) is 5.56. The summed E-state index contributed by atoms with van der Waals surface area (Å²) in [7, 11) is 0. The summed E-state index contributed by atoms with van der Waals surface area (Å²) < 4.78 is 0. The van der Waals surface area contributed by atoms with Crippen LogP contribution >= 0.6 is 0 Å². The minimum atomic E-state index is 0.317. The Morgan fingerprint density at radius 2 is 1.30 bits per heavy atom. The molecule has 0 spiro atoms. The van der Waals surface area contributed by atoms with Gasteiger partial charge in [-0.15, -0.1) is 0 Å². The highest BCUT2D eigenvalue weighted by atomic mass is 15.3. The van der Waals surface area contributed by atoms with Gasteiger partial charge in [0.15, 0.2) is 0 Å². The van der Waals surface area contributed by atoms with E-state index in [0.29, 0.717) is 6.04 Å². The van der Waals surface area contributed by atoms with E-state index in [1.165, 1.54) is 22.1 Å². The van der Waals surface area contributed by atoms with E-state index in [4.69, 9.17) is 0 Å². The van der Waals surface area contributed by atoms with Crippen LogP contribution in [0, 0.1) is 0 Å². The van der Waals surface area contributed by atoms with Crippen molar-refractivity contribution in [3.8, 4) is 0 Å². The first kappa shape index (κ1) is 19.0. The van der Waals surface area contributed by atoms with Crippen LogP contribution in [0.4, 0.5) is 0 Å². The number of piperazine rings is 1. The maximum absolute atomic E-state index is 4.63. The Morgan fingerprint density at radius 1 is 0.700 bits per heavy atom. The average Bonchev–Trinajstić information content (AvgIpc) is 2.82. The van der Waals surface area contributed by atoms with Gasteiger partial charge in [-0.05, 0) is 28.8 Å². The number of pyridine rings is 1. The summed E-state index contributed by atoms with van der Waals surface area (Å²) >= 11 is 0. The minimum absolute atomic E-state index is 0.317. The second-order valence-corrected chi connectivity index (χ2v) is 8.07. The lowest BCUT2D eigenvalue weighted by atomic mass is 9.96. The quantitative estimate of drug-likeness (QED) is 0.468. The zero-order valence-electron chi connectivity index (χ0n) is 17.2. The van der Waals surface area contributed by atoms with Gasteiger partial charge in [0.2, 0.25) is 0 Å². The fraction of sp³-hybridized carbons (Fsp3) is 0.222. The summed E-state index contributed by atoms with van der Waals surface area (Å²) in [4.78, 5) is 9.81. The molecule has 3 nitrogen and oxygen atoms in total. The van der Waals surface area contributed by atoms with Gasteiger partial charge < -0.3 is 0 Å². The molecule has 0 N–H and O–H groups in total. The molecule has 150 valence electrons. The van der Waals surface area contributed by atoms with E-state index in [0.717, 1.165) is 38.2 Å². The second kappa shape index (κ2) is 8.78. The van der Waals surface area contributed by atoms with Crippen LogP contribution in [0.2, 0.25) is 0 Å². The lowest BCUT2D eigenvalue weighted by Crippen LogP contribution is -2.47. The van der Waals surface area contributed by atoms with Gasteiger partial charge >= 0.3 is 0 Å². The number of benzene rings is 3. The molecule has 1 saturated heterocycles. The van der Waals surface area contributed by atoms with Gasteiger partial charge in [0.1, 0.15) is 0 Å². The number of nitrogens with zero attached hydrogens (tertiary/aromatic N) is 3. The molecule has 0 atom stereocenters. The van der Waals surface area contributed by atoms with Gasteiger partial charge in [-0.2, -0.15) is 0 Å². The zero-order chi connectivity index (χ0) is 20.2. The van der Waals surface area contributed by atoms with Crippen molar-refractivity contribution in [3.05, 3.63) is 114 Å². The Bertz CT molecular complexity index is 1050. The molecule has 0 saturated carbocycles. The molecule has 1 fully saturated rings. The predicted molar refractivity (Wildman–Crippen MR) is 123 cm³/mol. The molecule has 5 rings (SSSR count). The highest BCUT2D eigenvalue weighted by Crippen LogP contribution is 2.29.